The number of carbonyl (C=O) groups excluding carboxylic acids is 1. The van der Waals surface area contributed by atoms with Gasteiger partial charge in [0.1, 0.15) is 10.8 Å². The molecule has 0 saturated carbocycles. The van der Waals surface area contributed by atoms with E-state index in [4.69, 9.17) is 33.7 Å². The molecule has 0 aliphatic heterocycles. The predicted octanol–water partition coefficient (Wildman–Crippen LogP) is 3.82. The maximum absolute atomic E-state index is 12.3. The van der Waals surface area contributed by atoms with Crippen LogP contribution in [-0.2, 0) is 4.79 Å². The SMILES string of the molecule is CCC(CC)(CN)NC(=O)C(C)Oc1cccc(Cl)c1Cl.Cl. The van der Waals surface area contributed by atoms with Gasteiger partial charge in [0.25, 0.3) is 5.91 Å². The van der Waals surface area contributed by atoms with Gasteiger partial charge in [0, 0.05) is 6.54 Å². The lowest BCUT2D eigenvalue weighted by atomic mass is 9.92. The molecule has 0 heterocycles. The van der Waals surface area contributed by atoms with E-state index in [1.54, 1.807) is 25.1 Å². The van der Waals surface area contributed by atoms with Crippen LogP contribution in [0.4, 0.5) is 0 Å². The van der Waals surface area contributed by atoms with E-state index in [-0.39, 0.29) is 18.3 Å². The van der Waals surface area contributed by atoms with E-state index in [9.17, 15) is 4.79 Å². The smallest absolute Gasteiger partial charge is 0.261 e. The van der Waals surface area contributed by atoms with Crippen molar-refractivity contribution in [2.75, 3.05) is 6.54 Å². The largest absolute Gasteiger partial charge is 0.479 e. The third kappa shape index (κ3) is 5.20. The van der Waals surface area contributed by atoms with Gasteiger partial charge in [-0.1, -0.05) is 43.1 Å². The molecule has 22 heavy (non-hydrogen) atoms. The molecule has 0 aliphatic rings. The number of benzene rings is 1. The molecule has 4 nitrogen and oxygen atoms in total. The number of halogens is 3. The van der Waals surface area contributed by atoms with E-state index >= 15 is 0 Å². The fourth-order valence-electron chi connectivity index (χ4n) is 1.95. The highest BCUT2D eigenvalue weighted by atomic mass is 35.5. The Morgan fingerprint density at radius 2 is 1.95 bits per heavy atom. The standard InChI is InChI=1S/C15H22Cl2N2O2.ClH/c1-4-15(5-2,9-18)19-14(20)10(3)21-12-8-6-7-11(16)13(12)17;/h6-8,10H,4-5,9,18H2,1-3H3,(H,19,20);1H. The second kappa shape index (κ2) is 9.46. The molecular weight excluding hydrogens is 347 g/mol. The van der Waals surface area contributed by atoms with Crippen molar-refractivity contribution < 1.29 is 9.53 Å². The second-order valence-corrected chi connectivity index (χ2v) is 5.78. The maximum atomic E-state index is 12.3. The highest BCUT2D eigenvalue weighted by Crippen LogP contribution is 2.32. The first-order chi connectivity index (χ1) is 9.89. The average Bonchev–Trinajstić information content (AvgIpc) is 2.49. The van der Waals surface area contributed by atoms with E-state index < -0.39 is 11.6 Å². The summed E-state index contributed by atoms with van der Waals surface area (Å²) in [7, 11) is 0. The third-order valence-corrected chi connectivity index (χ3v) is 4.52. The number of nitrogens with two attached hydrogens (primary N) is 1. The zero-order chi connectivity index (χ0) is 16.0. The Bertz CT molecular complexity index is 485. The van der Waals surface area contributed by atoms with Crippen LogP contribution in [0.3, 0.4) is 0 Å². The quantitative estimate of drug-likeness (QED) is 0.768. The Labute approximate surface area is 148 Å². The van der Waals surface area contributed by atoms with E-state index in [1.807, 2.05) is 13.8 Å². The van der Waals surface area contributed by atoms with Crippen molar-refractivity contribution in [1.29, 1.82) is 0 Å². The summed E-state index contributed by atoms with van der Waals surface area (Å²) in [5.74, 6) is 0.165. The number of rotatable bonds is 7. The molecule has 1 atom stereocenters. The van der Waals surface area contributed by atoms with E-state index in [2.05, 4.69) is 5.32 Å². The lowest BCUT2D eigenvalue weighted by Gasteiger charge is -2.32. The molecule has 1 aromatic carbocycles. The first-order valence-corrected chi connectivity index (χ1v) is 7.77. The molecule has 1 unspecified atom stereocenters. The molecule has 1 rings (SSSR count). The van der Waals surface area contributed by atoms with Gasteiger partial charge in [0.05, 0.1) is 10.6 Å². The van der Waals surface area contributed by atoms with Gasteiger partial charge in [-0.25, -0.2) is 0 Å². The van der Waals surface area contributed by atoms with E-state index in [0.29, 0.717) is 22.3 Å². The molecule has 1 amide bonds. The van der Waals surface area contributed by atoms with Crippen molar-refractivity contribution in [3.05, 3.63) is 28.2 Å². The number of carbonyl (C=O) groups is 1. The number of amides is 1. The van der Waals surface area contributed by atoms with Crippen LogP contribution in [0.1, 0.15) is 33.6 Å². The third-order valence-electron chi connectivity index (χ3n) is 3.72. The maximum Gasteiger partial charge on any atom is 0.261 e. The van der Waals surface area contributed by atoms with Crippen LogP contribution in [0.5, 0.6) is 5.75 Å². The first-order valence-electron chi connectivity index (χ1n) is 7.02. The Kier molecular flexibility index (Phi) is 9.16. The minimum absolute atomic E-state index is 0. The van der Waals surface area contributed by atoms with Crippen LogP contribution in [0, 0.1) is 0 Å². The molecule has 0 saturated heterocycles. The van der Waals surface area contributed by atoms with E-state index in [1.165, 1.54) is 0 Å². The van der Waals surface area contributed by atoms with Crippen molar-refractivity contribution >= 4 is 41.5 Å². The monoisotopic (exact) mass is 368 g/mol. The second-order valence-electron chi connectivity index (χ2n) is 4.99. The van der Waals surface area contributed by atoms with Crippen molar-refractivity contribution in [2.24, 2.45) is 5.73 Å². The molecule has 0 aliphatic carbocycles. The lowest BCUT2D eigenvalue weighted by Crippen LogP contribution is -2.55. The summed E-state index contributed by atoms with van der Waals surface area (Å²) in [5.41, 5.74) is 5.38. The normalized spacial score (nSPS) is 12.3. The minimum Gasteiger partial charge on any atom is -0.479 e. The predicted molar refractivity (Wildman–Crippen MR) is 94.3 cm³/mol. The van der Waals surface area contributed by atoms with Crippen LogP contribution >= 0.6 is 35.6 Å². The molecule has 0 fully saturated rings. The van der Waals surface area contributed by atoms with Gasteiger partial charge in [-0.15, -0.1) is 12.4 Å². The number of ether oxygens (including phenoxy) is 1. The Morgan fingerprint density at radius 1 is 1.36 bits per heavy atom. The molecular formula is C15H23Cl3N2O2. The van der Waals surface area contributed by atoms with Crippen LogP contribution < -0.4 is 15.8 Å². The van der Waals surface area contributed by atoms with E-state index in [0.717, 1.165) is 12.8 Å². The number of hydrogen-bond donors (Lipinski definition) is 2. The average molecular weight is 370 g/mol. The highest BCUT2D eigenvalue weighted by Gasteiger charge is 2.29. The molecule has 0 aromatic heterocycles. The molecule has 3 N–H and O–H groups in total. The van der Waals surface area contributed by atoms with Gasteiger partial charge >= 0.3 is 0 Å². The van der Waals surface area contributed by atoms with Crippen LogP contribution in [0.15, 0.2) is 18.2 Å². The Hall–Kier alpha value is -0.680. The first kappa shape index (κ1) is 21.3. The summed E-state index contributed by atoms with van der Waals surface area (Å²) in [6.45, 7) is 6.04. The topological polar surface area (TPSA) is 64.3 Å². The molecule has 0 bridgehead atoms. The molecule has 0 radical (unpaired) electrons. The van der Waals surface area contributed by atoms with Crippen molar-refractivity contribution in [2.45, 2.75) is 45.3 Å². The Balaban J connectivity index is 0.00000441. The van der Waals surface area contributed by atoms with Crippen LogP contribution in [0.25, 0.3) is 0 Å². The van der Waals surface area contributed by atoms with Crippen LogP contribution in [0.2, 0.25) is 10.0 Å². The van der Waals surface area contributed by atoms with Gasteiger partial charge in [0.15, 0.2) is 6.10 Å². The van der Waals surface area contributed by atoms with Gasteiger partial charge < -0.3 is 15.8 Å². The summed E-state index contributed by atoms with van der Waals surface area (Å²) < 4.78 is 5.60. The number of nitrogens with one attached hydrogen (secondary N) is 1. The summed E-state index contributed by atoms with van der Waals surface area (Å²) in [6, 6.07) is 5.05. The van der Waals surface area contributed by atoms with Gasteiger partial charge in [-0.3, -0.25) is 4.79 Å². The molecule has 7 heteroatoms. The molecule has 0 spiro atoms. The summed E-state index contributed by atoms with van der Waals surface area (Å²) in [4.78, 5) is 12.3. The fraction of sp³-hybridized carbons (Fsp3) is 0.533. The lowest BCUT2D eigenvalue weighted by molar-refractivity contribution is -0.129. The van der Waals surface area contributed by atoms with Crippen molar-refractivity contribution in [1.82, 2.24) is 5.32 Å². The van der Waals surface area contributed by atoms with Crippen LogP contribution in [-0.4, -0.2) is 24.1 Å². The zero-order valence-electron chi connectivity index (χ0n) is 13.0. The summed E-state index contributed by atoms with van der Waals surface area (Å²) in [5, 5.41) is 3.66. The van der Waals surface area contributed by atoms with Gasteiger partial charge in [0.2, 0.25) is 0 Å². The van der Waals surface area contributed by atoms with Crippen molar-refractivity contribution in [3.8, 4) is 5.75 Å². The highest BCUT2D eigenvalue weighted by molar-refractivity contribution is 6.42. The number of hydrogen-bond acceptors (Lipinski definition) is 3. The van der Waals surface area contributed by atoms with Gasteiger partial charge in [-0.05, 0) is 31.9 Å². The fourth-order valence-corrected chi connectivity index (χ4v) is 2.28. The molecule has 126 valence electrons. The van der Waals surface area contributed by atoms with Crippen molar-refractivity contribution in [3.63, 3.8) is 0 Å². The Morgan fingerprint density at radius 3 is 2.45 bits per heavy atom. The minimum atomic E-state index is -0.690. The summed E-state index contributed by atoms with van der Waals surface area (Å²) >= 11 is 12.0. The van der Waals surface area contributed by atoms with Gasteiger partial charge in [-0.2, -0.15) is 0 Å². The summed E-state index contributed by atoms with van der Waals surface area (Å²) in [6.07, 6.45) is 0.831. The molecule has 1 aromatic rings. The zero-order valence-corrected chi connectivity index (χ0v) is 15.3.